The molecule has 0 aliphatic carbocycles. The molecule has 1 heterocycles. The van der Waals surface area contributed by atoms with Crippen molar-refractivity contribution in [1.82, 2.24) is 4.98 Å². The van der Waals surface area contributed by atoms with Crippen molar-refractivity contribution in [1.29, 1.82) is 0 Å². The molecule has 1 aromatic heterocycles. The molecule has 4 heteroatoms. The summed E-state index contributed by atoms with van der Waals surface area (Å²) in [5.74, 6) is 0. The van der Waals surface area contributed by atoms with E-state index >= 15 is 0 Å². The molecule has 84 valence electrons. The van der Waals surface area contributed by atoms with Gasteiger partial charge in [0, 0.05) is 15.4 Å². The third-order valence-corrected chi connectivity index (χ3v) is 4.14. The number of rotatable bonds is 3. The van der Waals surface area contributed by atoms with Gasteiger partial charge in [0.15, 0.2) is 0 Å². The Hall–Kier alpha value is -0.460. The van der Waals surface area contributed by atoms with E-state index in [9.17, 15) is 5.11 Å². The van der Waals surface area contributed by atoms with Crippen molar-refractivity contribution in [2.45, 2.75) is 19.4 Å². The number of hydrogen-bond acceptors (Lipinski definition) is 3. The van der Waals surface area contributed by atoms with Crippen LogP contribution in [0.3, 0.4) is 0 Å². The Bertz CT molecular complexity index is 483. The zero-order valence-electron chi connectivity index (χ0n) is 8.85. The lowest BCUT2D eigenvalue weighted by Crippen LogP contribution is -2.04. The number of halogens is 1. The summed E-state index contributed by atoms with van der Waals surface area (Å²) >= 11 is 3.87. The van der Waals surface area contributed by atoms with Gasteiger partial charge in [0.05, 0.1) is 16.8 Å². The summed E-state index contributed by atoms with van der Waals surface area (Å²) in [4.78, 5) is 4.36. The number of thiazole rings is 1. The maximum Gasteiger partial charge on any atom is 0.0897 e. The van der Waals surface area contributed by atoms with Crippen LogP contribution in [0.4, 0.5) is 0 Å². The van der Waals surface area contributed by atoms with Crippen LogP contribution in [0.25, 0.3) is 0 Å². The largest absolute Gasteiger partial charge is 0.388 e. The van der Waals surface area contributed by atoms with Gasteiger partial charge < -0.3 is 5.11 Å². The van der Waals surface area contributed by atoms with Gasteiger partial charge in [-0.25, -0.2) is 4.98 Å². The van der Waals surface area contributed by atoms with Crippen LogP contribution < -0.4 is 0 Å². The monoisotopic (exact) mass is 345 g/mol. The average molecular weight is 345 g/mol. The Morgan fingerprint density at radius 2 is 2.19 bits per heavy atom. The van der Waals surface area contributed by atoms with E-state index in [0.29, 0.717) is 6.42 Å². The number of nitrogens with zero attached hydrogens (tertiary/aromatic N) is 1. The highest BCUT2D eigenvalue weighted by Gasteiger charge is 2.12. The molecule has 0 saturated carbocycles. The quantitative estimate of drug-likeness (QED) is 0.866. The highest BCUT2D eigenvalue weighted by atomic mass is 127. The van der Waals surface area contributed by atoms with Gasteiger partial charge in [-0.1, -0.05) is 18.2 Å². The van der Waals surface area contributed by atoms with Crippen molar-refractivity contribution in [3.63, 3.8) is 0 Å². The van der Waals surface area contributed by atoms with E-state index in [4.69, 9.17) is 0 Å². The highest BCUT2D eigenvalue weighted by Crippen LogP contribution is 2.23. The van der Waals surface area contributed by atoms with Gasteiger partial charge in [-0.15, -0.1) is 11.3 Å². The maximum absolute atomic E-state index is 10.1. The van der Waals surface area contributed by atoms with E-state index in [2.05, 4.69) is 27.6 Å². The molecule has 2 aromatic rings. The zero-order valence-corrected chi connectivity index (χ0v) is 11.8. The van der Waals surface area contributed by atoms with Gasteiger partial charge in [-0.05, 0) is 41.1 Å². The number of benzene rings is 1. The second-order valence-corrected chi connectivity index (χ2v) is 5.82. The van der Waals surface area contributed by atoms with Crippen LogP contribution in [0.5, 0.6) is 0 Å². The first-order valence-electron chi connectivity index (χ1n) is 5.00. The highest BCUT2D eigenvalue weighted by molar-refractivity contribution is 14.1. The lowest BCUT2D eigenvalue weighted by Gasteiger charge is -2.11. The Morgan fingerprint density at radius 3 is 2.81 bits per heavy atom. The molecule has 0 amide bonds. The summed E-state index contributed by atoms with van der Waals surface area (Å²) < 4.78 is 1.10. The SMILES string of the molecule is Cc1nc(CC(O)c2ccccc2I)cs1. The smallest absolute Gasteiger partial charge is 0.0897 e. The lowest BCUT2D eigenvalue weighted by atomic mass is 10.1. The fourth-order valence-corrected chi connectivity index (χ4v) is 2.93. The van der Waals surface area contributed by atoms with Gasteiger partial charge in [0.2, 0.25) is 0 Å². The van der Waals surface area contributed by atoms with Gasteiger partial charge in [0.25, 0.3) is 0 Å². The van der Waals surface area contributed by atoms with E-state index in [0.717, 1.165) is 19.8 Å². The molecule has 0 aliphatic rings. The van der Waals surface area contributed by atoms with Crippen molar-refractivity contribution < 1.29 is 5.11 Å². The van der Waals surface area contributed by atoms with E-state index in [1.807, 2.05) is 36.6 Å². The van der Waals surface area contributed by atoms with E-state index in [-0.39, 0.29) is 0 Å². The number of aliphatic hydroxyl groups is 1. The maximum atomic E-state index is 10.1. The minimum Gasteiger partial charge on any atom is -0.388 e. The predicted octanol–water partition coefficient (Wildman–Crippen LogP) is 3.33. The lowest BCUT2D eigenvalue weighted by molar-refractivity contribution is 0.176. The molecule has 0 saturated heterocycles. The van der Waals surface area contributed by atoms with Crippen molar-refractivity contribution in [3.8, 4) is 0 Å². The molecule has 1 N–H and O–H groups in total. The van der Waals surface area contributed by atoms with Crippen LogP contribution in [0.1, 0.15) is 22.4 Å². The van der Waals surface area contributed by atoms with Crippen molar-refractivity contribution in [2.75, 3.05) is 0 Å². The Kier molecular flexibility index (Phi) is 3.94. The van der Waals surface area contributed by atoms with Crippen LogP contribution in [0, 0.1) is 10.5 Å². The third-order valence-electron chi connectivity index (χ3n) is 2.33. The van der Waals surface area contributed by atoms with Crippen molar-refractivity contribution >= 4 is 33.9 Å². The van der Waals surface area contributed by atoms with Crippen LogP contribution >= 0.6 is 33.9 Å². The molecule has 1 unspecified atom stereocenters. The van der Waals surface area contributed by atoms with Gasteiger partial charge in [0.1, 0.15) is 0 Å². The van der Waals surface area contributed by atoms with Gasteiger partial charge in [-0.2, -0.15) is 0 Å². The second kappa shape index (κ2) is 5.25. The molecule has 0 radical (unpaired) electrons. The third kappa shape index (κ3) is 2.81. The first-order chi connectivity index (χ1) is 7.66. The summed E-state index contributed by atoms with van der Waals surface area (Å²) in [7, 11) is 0. The first kappa shape index (κ1) is 12.0. The van der Waals surface area contributed by atoms with E-state index < -0.39 is 6.10 Å². The molecule has 1 atom stereocenters. The number of aryl methyl sites for hydroxylation is 1. The molecular formula is C12H12INOS. The minimum atomic E-state index is -0.463. The summed E-state index contributed by atoms with van der Waals surface area (Å²) in [5.41, 5.74) is 1.95. The predicted molar refractivity (Wildman–Crippen MR) is 74.7 cm³/mol. The number of aliphatic hydroxyl groups excluding tert-OH is 1. The topological polar surface area (TPSA) is 33.1 Å². The fourth-order valence-electron chi connectivity index (χ4n) is 1.56. The van der Waals surface area contributed by atoms with Gasteiger partial charge >= 0.3 is 0 Å². The van der Waals surface area contributed by atoms with Crippen LogP contribution in [-0.2, 0) is 6.42 Å². The Balaban J connectivity index is 2.14. The summed E-state index contributed by atoms with van der Waals surface area (Å²) in [5, 5.41) is 13.2. The first-order valence-corrected chi connectivity index (χ1v) is 6.96. The molecule has 0 spiro atoms. The minimum absolute atomic E-state index is 0.463. The van der Waals surface area contributed by atoms with Crippen LogP contribution in [0.15, 0.2) is 29.6 Å². The average Bonchev–Trinajstić information content (AvgIpc) is 2.64. The summed E-state index contributed by atoms with van der Waals surface area (Å²) in [6.07, 6.45) is 0.124. The Labute approximate surface area is 112 Å². The van der Waals surface area contributed by atoms with Crippen molar-refractivity contribution in [3.05, 3.63) is 49.5 Å². The standard InChI is InChI=1S/C12H12INOS/c1-8-14-9(7-16-8)6-12(15)10-4-2-3-5-11(10)13/h2-5,7,12,15H,6H2,1H3. The molecular weight excluding hydrogens is 333 g/mol. The number of hydrogen-bond donors (Lipinski definition) is 1. The van der Waals surface area contributed by atoms with Crippen LogP contribution in [0.2, 0.25) is 0 Å². The molecule has 1 aromatic carbocycles. The molecule has 2 nitrogen and oxygen atoms in total. The molecule has 0 fully saturated rings. The molecule has 2 rings (SSSR count). The summed E-state index contributed by atoms with van der Waals surface area (Å²) in [6.45, 7) is 1.98. The fraction of sp³-hybridized carbons (Fsp3) is 0.250. The molecule has 0 aliphatic heterocycles. The van der Waals surface area contributed by atoms with Gasteiger partial charge in [-0.3, -0.25) is 0 Å². The Morgan fingerprint density at radius 1 is 1.44 bits per heavy atom. The van der Waals surface area contributed by atoms with E-state index in [1.165, 1.54) is 0 Å². The normalized spacial score (nSPS) is 12.7. The zero-order chi connectivity index (χ0) is 11.5. The van der Waals surface area contributed by atoms with E-state index in [1.54, 1.807) is 11.3 Å². The summed E-state index contributed by atoms with van der Waals surface area (Å²) in [6, 6.07) is 7.90. The second-order valence-electron chi connectivity index (χ2n) is 3.60. The van der Waals surface area contributed by atoms with Crippen molar-refractivity contribution in [2.24, 2.45) is 0 Å². The molecule has 16 heavy (non-hydrogen) atoms. The number of aromatic nitrogens is 1. The van der Waals surface area contributed by atoms with Crippen LogP contribution in [-0.4, -0.2) is 10.1 Å². The molecule has 0 bridgehead atoms.